The second kappa shape index (κ2) is 5.63. The zero-order chi connectivity index (χ0) is 13.0. The highest BCUT2D eigenvalue weighted by Gasteiger charge is 2.02. The molecule has 1 heterocycles. The summed E-state index contributed by atoms with van der Waals surface area (Å²) in [6, 6.07) is 10.5. The van der Waals surface area contributed by atoms with Gasteiger partial charge in [0.05, 0.1) is 5.69 Å². The van der Waals surface area contributed by atoms with Crippen molar-refractivity contribution in [3.8, 4) is 11.3 Å². The van der Waals surface area contributed by atoms with E-state index in [1.807, 2.05) is 13.1 Å². The van der Waals surface area contributed by atoms with E-state index in [2.05, 4.69) is 53.4 Å². The largest absolute Gasteiger partial charge is 0.357 e. The molecule has 2 aromatic rings. The summed E-state index contributed by atoms with van der Waals surface area (Å²) in [5, 5.41) is 2.95. The van der Waals surface area contributed by atoms with Crippen LogP contribution in [0.5, 0.6) is 0 Å². The van der Waals surface area contributed by atoms with Gasteiger partial charge >= 0.3 is 0 Å². The topological polar surface area (TPSA) is 37.8 Å². The average molecular weight is 241 g/mol. The molecule has 0 amide bonds. The van der Waals surface area contributed by atoms with Crippen LogP contribution in [0.4, 0.5) is 5.95 Å². The lowest BCUT2D eigenvalue weighted by Gasteiger charge is -2.07. The van der Waals surface area contributed by atoms with Gasteiger partial charge < -0.3 is 5.32 Å². The molecule has 0 fully saturated rings. The van der Waals surface area contributed by atoms with Crippen LogP contribution in [0.15, 0.2) is 36.5 Å². The third-order valence-corrected chi connectivity index (χ3v) is 2.77. The van der Waals surface area contributed by atoms with E-state index in [1.54, 1.807) is 6.20 Å². The molecular formula is C15H19N3. The van der Waals surface area contributed by atoms with Crippen molar-refractivity contribution < 1.29 is 0 Å². The second-order valence-electron chi connectivity index (χ2n) is 4.81. The van der Waals surface area contributed by atoms with Gasteiger partial charge in [0.1, 0.15) is 0 Å². The molecule has 0 spiro atoms. The van der Waals surface area contributed by atoms with Crippen LogP contribution in [-0.2, 0) is 6.42 Å². The summed E-state index contributed by atoms with van der Waals surface area (Å²) in [6.07, 6.45) is 2.89. The SMILES string of the molecule is CNc1nccc(-c2ccc(CC(C)C)cc2)n1. The van der Waals surface area contributed by atoms with Crippen molar-refractivity contribution in [2.45, 2.75) is 20.3 Å². The Balaban J connectivity index is 2.22. The summed E-state index contributed by atoms with van der Waals surface area (Å²) in [6.45, 7) is 4.47. The molecule has 1 aromatic heterocycles. The van der Waals surface area contributed by atoms with Crippen molar-refractivity contribution in [3.05, 3.63) is 42.1 Å². The van der Waals surface area contributed by atoms with E-state index in [1.165, 1.54) is 5.56 Å². The molecule has 2 rings (SSSR count). The van der Waals surface area contributed by atoms with Crippen LogP contribution in [0.25, 0.3) is 11.3 Å². The normalized spacial score (nSPS) is 10.7. The van der Waals surface area contributed by atoms with Gasteiger partial charge in [-0.1, -0.05) is 38.1 Å². The van der Waals surface area contributed by atoms with Crippen LogP contribution >= 0.6 is 0 Å². The molecule has 3 heteroatoms. The first-order chi connectivity index (χ1) is 8.69. The third-order valence-electron chi connectivity index (χ3n) is 2.77. The second-order valence-corrected chi connectivity index (χ2v) is 4.81. The fourth-order valence-corrected chi connectivity index (χ4v) is 1.92. The van der Waals surface area contributed by atoms with Gasteiger partial charge in [-0.3, -0.25) is 0 Å². The van der Waals surface area contributed by atoms with Crippen molar-refractivity contribution in [1.82, 2.24) is 9.97 Å². The Labute approximate surface area is 108 Å². The monoisotopic (exact) mass is 241 g/mol. The number of anilines is 1. The van der Waals surface area contributed by atoms with Crippen molar-refractivity contribution in [1.29, 1.82) is 0 Å². The number of benzene rings is 1. The highest BCUT2D eigenvalue weighted by Crippen LogP contribution is 2.19. The first-order valence-corrected chi connectivity index (χ1v) is 6.29. The van der Waals surface area contributed by atoms with Gasteiger partial charge in [0.2, 0.25) is 5.95 Å². The summed E-state index contributed by atoms with van der Waals surface area (Å²) in [7, 11) is 1.82. The average Bonchev–Trinajstić information content (AvgIpc) is 2.39. The van der Waals surface area contributed by atoms with Crippen molar-refractivity contribution in [2.24, 2.45) is 5.92 Å². The fraction of sp³-hybridized carbons (Fsp3) is 0.333. The minimum Gasteiger partial charge on any atom is -0.357 e. The third kappa shape index (κ3) is 3.06. The molecule has 3 nitrogen and oxygen atoms in total. The van der Waals surface area contributed by atoms with E-state index >= 15 is 0 Å². The smallest absolute Gasteiger partial charge is 0.222 e. The molecular weight excluding hydrogens is 222 g/mol. The summed E-state index contributed by atoms with van der Waals surface area (Å²) < 4.78 is 0. The quantitative estimate of drug-likeness (QED) is 0.891. The number of hydrogen-bond donors (Lipinski definition) is 1. The Morgan fingerprint density at radius 3 is 2.44 bits per heavy atom. The van der Waals surface area contributed by atoms with E-state index < -0.39 is 0 Å². The maximum atomic E-state index is 4.43. The van der Waals surface area contributed by atoms with E-state index in [0.717, 1.165) is 17.7 Å². The Hall–Kier alpha value is -1.90. The summed E-state index contributed by atoms with van der Waals surface area (Å²) in [4.78, 5) is 8.55. The van der Waals surface area contributed by atoms with Crippen molar-refractivity contribution >= 4 is 5.95 Å². The van der Waals surface area contributed by atoms with E-state index in [0.29, 0.717) is 11.9 Å². The zero-order valence-corrected chi connectivity index (χ0v) is 11.1. The first-order valence-electron chi connectivity index (χ1n) is 6.29. The summed E-state index contributed by atoms with van der Waals surface area (Å²) in [5.74, 6) is 1.34. The number of aromatic nitrogens is 2. The lowest BCUT2D eigenvalue weighted by Crippen LogP contribution is -1.97. The van der Waals surface area contributed by atoms with E-state index in [4.69, 9.17) is 0 Å². The van der Waals surface area contributed by atoms with Crippen LogP contribution in [0.2, 0.25) is 0 Å². The Morgan fingerprint density at radius 2 is 1.83 bits per heavy atom. The molecule has 18 heavy (non-hydrogen) atoms. The number of nitrogens with zero attached hydrogens (tertiary/aromatic N) is 2. The highest BCUT2D eigenvalue weighted by atomic mass is 15.1. The van der Waals surface area contributed by atoms with E-state index in [-0.39, 0.29) is 0 Å². The predicted molar refractivity (Wildman–Crippen MR) is 75.6 cm³/mol. The van der Waals surface area contributed by atoms with Crippen LogP contribution in [0.1, 0.15) is 19.4 Å². The maximum absolute atomic E-state index is 4.43. The van der Waals surface area contributed by atoms with Gasteiger partial charge in [0.15, 0.2) is 0 Å². The minimum absolute atomic E-state index is 0.652. The van der Waals surface area contributed by atoms with Crippen molar-refractivity contribution in [3.63, 3.8) is 0 Å². The fourth-order valence-electron chi connectivity index (χ4n) is 1.92. The minimum atomic E-state index is 0.652. The number of hydrogen-bond acceptors (Lipinski definition) is 3. The Kier molecular flexibility index (Phi) is 3.92. The molecule has 0 aliphatic carbocycles. The molecule has 0 atom stereocenters. The van der Waals surface area contributed by atoms with Crippen LogP contribution < -0.4 is 5.32 Å². The molecule has 1 aromatic carbocycles. The number of nitrogens with one attached hydrogen (secondary N) is 1. The van der Waals surface area contributed by atoms with Gasteiger partial charge in [-0.2, -0.15) is 0 Å². The van der Waals surface area contributed by atoms with Crippen molar-refractivity contribution in [2.75, 3.05) is 12.4 Å². The van der Waals surface area contributed by atoms with E-state index in [9.17, 15) is 0 Å². The Morgan fingerprint density at radius 1 is 1.11 bits per heavy atom. The molecule has 0 unspecified atom stereocenters. The molecule has 0 bridgehead atoms. The predicted octanol–water partition coefficient (Wildman–Crippen LogP) is 3.38. The van der Waals surface area contributed by atoms with Gasteiger partial charge in [0, 0.05) is 18.8 Å². The molecule has 0 aliphatic heterocycles. The lowest BCUT2D eigenvalue weighted by molar-refractivity contribution is 0.647. The van der Waals surface area contributed by atoms with Crippen LogP contribution in [0.3, 0.4) is 0 Å². The summed E-state index contributed by atoms with van der Waals surface area (Å²) >= 11 is 0. The molecule has 0 saturated heterocycles. The first kappa shape index (κ1) is 12.6. The number of rotatable bonds is 4. The van der Waals surface area contributed by atoms with Crippen LogP contribution in [0, 0.1) is 5.92 Å². The molecule has 1 N–H and O–H groups in total. The lowest BCUT2D eigenvalue weighted by atomic mass is 10.0. The highest BCUT2D eigenvalue weighted by molar-refractivity contribution is 5.60. The maximum Gasteiger partial charge on any atom is 0.222 e. The molecule has 0 saturated carbocycles. The van der Waals surface area contributed by atoms with Gasteiger partial charge in [0.25, 0.3) is 0 Å². The van der Waals surface area contributed by atoms with Gasteiger partial charge in [-0.05, 0) is 24.0 Å². The summed E-state index contributed by atoms with van der Waals surface area (Å²) in [5.41, 5.74) is 3.45. The molecule has 0 aliphatic rings. The molecule has 94 valence electrons. The van der Waals surface area contributed by atoms with Gasteiger partial charge in [-0.25, -0.2) is 9.97 Å². The van der Waals surface area contributed by atoms with Crippen LogP contribution in [-0.4, -0.2) is 17.0 Å². The zero-order valence-electron chi connectivity index (χ0n) is 11.1. The molecule has 0 radical (unpaired) electrons. The van der Waals surface area contributed by atoms with Gasteiger partial charge in [-0.15, -0.1) is 0 Å². The standard InChI is InChI=1S/C15H19N3/c1-11(2)10-12-4-6-13(7-5-12)14-8-9-17-15(16-3)18-14/h4-9,11H,10H2,1-3H3,(H,16,17,18). The Bertz CT molecular complexity index is 503.